The summed E-state index contributed by atoms with van der Waals surface area (Å²) in [7, 11) is 0. The molecule has 0 amide bonds. The molecule has 0 spiro atoms. The molecule has 0 radical (unpaired) electrons. The van der Waals surface area contributed by atoms with Gasteiger partial charge in [-0.15, -0.1) is 0 Å². The Morgan fingerprint density at radius 3 is 2.82 bits per heavy atom. The smallest absolute Gasteiger partial charge is 0.336 e. The molecule has 1 aromatic heterocycles. The highest BCUT2D eigenvalue weighted by Crippen LogP contribution is 2.24. The first-order chi connectivity index (χ1) is 10.7. The molecule has 5 nitrogen and oxygen atoms in total. The van der Waals surface area contributed by atoms with Crippen molar-refractivity contribution in [2.45, 2.75) is 6.61 Å². The van der Waals surface area contributed by atoms with Crippen molar-refractivity contribution in [2.24, 2.45) is 0 Å². The second-order valence-corrected chi connectivity index (χ2v) is 4.67. The molecule has 0 unspecified atom stereocenters. The Bertz CT molecular complexity index is 937. The van der Waals surface area contributed by atoms with Gasteiger partial charge in [-0.2, -0.15) is 5.26 Å². The Labute approximate surface area is 125 Å². The minimum Gasteiger partial charge on any atom is -0.508 e. The van der Waals surface area contributed by atoms with Crippen LogP contribution in [0.25, 0.3) is 11.0 Å². The molecule has 0 aliphatic rings. The zero-order valence-corrected chi connectivity index (χ0v) is 11.4. The van der Waals surface area contributed by atoms with E-state index in [0.717, 1.165) is 0 Å². The third-order valence-corrected chi connectivity index (χ3v) is 3.20. The molecule has 0 saturated heterocycles. The van der Waals surface area contributed by atoms with E-state index in [2.05, 4.69) is 0 Å². The Morgan fingerprint density at radius 2 is 2.00 bits per heavy atom. The maximum absolute atomic E-state index is 11.6. The first-order valence-corrected chi connectivity index (χ1v) is 6.55. The minimum atomic E-state index is -0.523. The number of hydrogen-bond donors (Lipinski definition) is 1. The number of phenols is 1. The highest BCUT2D eigenvalue weighted by Gasteiger charge is 2.08. The van der Waals surface area contributed by atoms with Crippen LogP contribution < -0.4 is 10.4 Å². The lowest BCUT2D eigenvalue weighted by molar-refractivity contribution is 0.305. The Morgan fingerprint density at radius 1 is 1.18 bits per heavy atom. The summed E-state index contributed by atoms with van der Waals surface area (Å²) in [6, 6.07) is 14.8. The number of nitriles is 1. The number of hydrogen-bond acceptors (Lipinski definition) is 5. The monoisotopic (exact) mass is 293 g/mol. The standard InChI is InChI=1S/C17H11NO4/c18-9-11-3-1-2-4-15(11)21-10-12-7-17(20)22-16-8-13(19)5-6-14(12)16/h1-8,19H,10H2. The van der Waals surface area contributed by atoms with Crippen molar-refractivity contribution in [2.75, 3.05) is 0 Å². The molecule has 22 heavy (non-hydrogen) atoms. The van der Waals surface area contributed by atoms with Gasteiger partial charge in [-0.25, -0.2) is 4.79 Å². The molecule has 1 N–H and O–H groups in total. The maximum atomic E-state index is 11.6. The SMILES string of the molecule is N#Cc1ccccc1OCc1cc(=O)oc2cc(O)ccc12. The van der Waals surface area contributed by atoms with Gasteiger partial charge in [0.25, 0.3) is 0 Å². The van der Waals surface area contributed by atoms with Crippen LogP contribution in [0.15, 0.2) is 57.7 Å². The Hall–Kier alpha value is -3.26. The van der Waals surface area contributed by atoms with Gasteiger partial charge in [-0.1, -0.05) is 12.1 Å². The predicted molar refractivity (Wildman–Crippen MR) is 79.6 cm³/mol. The average molecular weight is 293 g/mol. The average Bonchev–Trinajstić information content (AvgIpc) is 2.52. The van der Waals surface area contributed by atoms with Crippen LogP contribution in [0.2, 0.25) is 0 Å². The quantitative estimate of drug-likeness (QED) is 0.750. The normalized spacial score (nSPS) is 10.3. The summed E-state index contributed by atoms with van der Waals surface area (Å²) >= 11 is 0. The second kappa shape index (κ2) is 5.62. The van der Waals surface area contributed by atoms with Gasteiger partial charge in [0, 0.05) is 23.1 Å². The Kier molecular flexibility index (Phi) is 3.50. The number of nitrogens with zero attached hydrogens (tertiary/aromatic N) is 1. The van der Waals surface area contributed by atoms with E-state index in [4.69, 9.17) is 14.4 Å². The molecular weight excluding hydrogens is 282 g/mol. The molecule has 1 heterocycles. The number of phenolic OH excluding ortho intramolecular Hbond substituents is 1. The molecule has 108 valence electrons. The topological polar surface area (TPSA) is 83.5 Å². The number of benzene rings is 2. The van der Waals surface area contributed by atoms with Crippen LogP contribution in [0, 0.1) is 11.3 Å². The third-order valence-electron chi connectivity index (χ3n) is 3.20. The largest absolute Gasteiger partial charge is 0.508 e. The number of aromatic hydroxyl groups is 1. The van der Waals surface area contributed by atoms with E-state index in [1.165, 1.54) is 18.2 Å². The molecule has 2 aromatic carbocycles. The fraction of sp³-hybridized carbons (Fsp3) is 0.0588. The van der Waals surface area contributed by atoms with Crippen molar-refractivity contribution in [3.63, 3.8) is 0 Å². The molecule has 3 aromatic rings. The summed E-state index contributed by atoms with van der Waals surface area (Å²) in [5.41, 5.74) is 0.816. The summed E-state index contributed by atoms with van der Waals surface area (Å²) in [5.74, 6) is 0.466. The lowest BCUT2D eigenvalue weighted by Crippen LogP contribution is -2.04. The van der Waals surface area contributed by atoms with E-state index in [9.17, 15) is 9.90 Å². The van der Waals surface area contributed by atoms with Crippen LogP contribution >= 0.6 is 0 Å². The molecular formula is C17H11NO4. The van der Waals surface area contributed by atoms with E-state index in [1.54, 1.807) is 30.3 Å². The first kappa shape index (κ1) is 13.7. The van der Waals surface area contributed by atoms with E-state index in [0.29, 0.717) is 27.8 Å². The van der Waals surface area contributed by atoms with Crippen LogP contribution in [-0.2, 0) is 6.61 Å². The second-order valence-electron chi connectivity index (χ2n) is 4.67. The van der Waals surface area contributed by atoms with Crippen LogP contribution in [0.1, 0.15) is 11.1 Å². The molecule has 0 bridgehead atoms. The van der Waals surface area contributed by atoms with Crippen LogP contribution in [-0.4, -0.2) is 5.11 Å². The van der Waals surface area contributed by atoms with Crippen molar-refractivity contribution in [1.82, 2.24) is 0 Å². The van der Waals surface area contributed by atoms with Crippen LogP contribution in [0.5, 0.6) is 11.5 Å². The van der Waals surface area contributed by atoms with Crippen molar-refractivity contribution in [1.29, 1.82) is 5.26 Å². The molecule has 5 heteroatoms. The third kappa shape index (κ3) is 2.63. The van der Waals surface area contributed by atoms with Gasteiger partial charge in [-0.05, 0) is 24.3 Å². The van der Waals surface area contributed by atoms with Gasteiger partial charge >= 0.3 is 5.63 Å². The first-order valence-electron chi connectivity index (χ1n) is 6.55. The van der Waals surface area contributed by atoms with E-state index in [1.807, 2.05) is 6.07 Å². The molecule has 0 aliphatic carbocycles. The molecule has 0 saturated carbocycles. The van der Waals surface area contributed by atoms with Crippen molar-refractivity contribution in [3.05, 3.63) is 70.1 Å². The van der Waals surface area contributed by atoms with E-state index < -0.39 is 5.63 Å². The van der Waals surface area contributed by atoms with Crippen LogP contribution in [0.3, 0.4) is 0 Å². The van der Waals surface area contributed by atoms with Crippen LogP contribution in [0.4, 0.5) is 0 Å². The van der Waals surface area contributed by atoms with Crippen molar-refractivity contribution in [3.8, 4) is 17.6 Å². The minimum absolute atomic E-state index is 0.0172. The fourth-order valence-electron chi connectivity index (χ4n) is 2.18. The summed E-state index contributed by atoms with van der Waals surface area (Å²) in [6.45, 7) is 0.117. The van der Waals surface area contributed by atoms with Gasteiger partial charge in [0.15, 0.2) is 0 Å². The Balaban J connectivity index is 1.98. The zero-order valence-electron chi connectivity index (χ0n) is 11.4. The molecule has 0 aliphatic heterocycles. The zero-order chi connectivity index (χ0) is 15.5. The summed E-state index contributed by atoms with van der Waals surface area (Å²) in [4.78, 5) is 11.6. The summed E-state index contributed by atoms with van der Waals surface area (Å²) < 4.78 is 10.7. The van der Waals surface area contributed by atoms with E-state index in [-0.39, 0.29) is 12.4 Å². The molecule has 3 rings (SSSR count). The fourth-order valence-corrected chi connectivity index (χ4v) is 2.18. The number of para-hydroxylation sites is 1. The maximum Gasteiger partial charge on any atom is 0.336 e. The highest BCUT2D eigenvalue weighted by molar-refractivity contribution is 5.81. The van der Waals surface area contributed by atoms with Gasteiger partial charge in [-0.3, -0.25) is 0 Å². The summed E-state index contributed by atoms with van der Waals surface area (Å²) in [5, 5.41) is 19.2. The molecule has 0 atom stereocenters. The number of fused-ring (bicyclic) bond motifs is 1. The molecule has 0 fully saturated rings. The van der Waals surface area contributed by atoms with E-state index >= 15 is 0 Å². The lowest BCUT2D eigenvalue weighted by atomic mass is 10.1. The predicted octanol–water partition coefficient (Wildman–Crippen LogP) is 2.95. The van der Waals surface area contributed by atoms with Gasteiger partial charge in [0.1, 0.15) is 29.8 Å². The lowest BCUT2D eigenvalue weighted by Gasteiger charge is -2.09. The number of ether oxygens (including phenoxy) is 1. The van der Waals surface area contributed by atoms with Gasteiger partial charge < -0.3 is 14.3 Å². The summed E-state index contributed by atoms with van der Waals surface area (Å²) in [6.07, 6.45) is 0. The van der Waals surface area contributed by atoms with Gasteiger partial charge in [0.05, 0.1) is 5.56 Å². The van der Waals surface area contributed by atoms with Crippen molar-refractivity contribution < 1.29 is 14.3 Å². The number of rotatable bonds is 3. The van der Waals surface area contributed by atoms with Gasteiger partial charge in [0.2, 0.25) is 0 Å². The van der Waals surface area contributed by atoms with Crippen molar-refractivity contribution >= 4 is 11.0 Å². The highest BCUT2D eigenvalue weighted by atomic mass is 16.5.